The molecule has 1 heterocycles. The van der Waals surface area contributed by atoms with E-state index in [4.69, 9.17) is 4.74 Å². The Morgan fingerprint density at radius 1 is 1.33 bits per heavy atom. The summed E-state index contributed by atoms with van der Waals surface area (Å²) in [7, 11) is 0. The summed E-state index contributed by atoms with van der Waals surface area (Å²) < 4.78 is 5.10. The van der Waals surface area contributed by atoms with Gasteiger partial charge in [0.15, 0.2) is 10.9 Å². The molecule has 3 unspecified atom stereocenters. The van der Waals surface area contributed by atoms with Crippen molar-refractivity contribution in [2.24, 2.45) is 5.92 Å². The van der Waals surface area contributed by atoms with Gasteiger partial charge in [0, 0.05) is 18.1 Å². The van der Waals surface area contributed by atoms with Crippen LogP contribution in [0.15, 0.2) is 0 Å². The van der Waals surface area contributed by atoms with Gasteiger partial charge in [-0.25, -0.2) is 0 Å². The van der Waals surface area contributed by atoms with Gasteiger partial charge < -0.3 is 9.84 Å². The van der Waals surface area contributed by atoms with Gasteiger partial charge in [-0.1, -0.05) is 18.7 Å². The molecule has 1 aliphatic rings. The molecule has 0 saturated carbocycles. The van der Waals surface area contributed by atoms with Gasteiger partial charge in [0.05, 0.1) is 11.7 Å². The molecule has 1 N–H and O–H groups in total. The SMILES string of the molecule is CC(=O)SC(C)(CC(=O)C(C)(C)O)C(C)CC1OC1(C)C. The fraction of sp³-hybridized carbons (Fsp3) is 0.875. The fourth-order valence-electron chi connectivity index (χ4n) is 2.41. The number of epoxide rings is 1. The second-order valence-electron chi connectivity index (χ2n) is 7.41. The lowest BCUT2D eigenvalue weighted by Crippen LogP contribution is -2.41. The molecule has 122 valence electrons. The molecule has 1 fully saturated rings. The van der Waals surface area contributed by atoms with Crippen molar-refractivity contribution in [1.29, 1.82) is 0 Å². The van der Waals surface area contributed by atoms with Crippen molar-refractivity contribution >= 4 is 22.7 Å². The average Bonchev–Trinajstić information content (AvgIpc) is 2.82. The second kappa shape index (κ2) is 6.01. The maximum absolute atomic E-state index is 12.2. The number of hydrogen-bond acceptors (Lipinski definition) is 5. The van der Waals surface area contributed by atoms with Crippen LogP contribution < -0.4 is 0 Å². The normalized spacial score (nSPS) is 25.0. The van der Waals surface area contributed by atoms with Crippen LogP contribution in [-0.4, -0.2) is 38.1 Å². The van der Waals surface area contributed by atoms with Crippen LogP contribution >= 0.6 is 11.8 Å². The molecular formula is C16H28O4S. The molecule has 0 aromatic heterocycles. The van der Waals surface area contributed by atoms with Crippen LogP contribution in [0.1, 0.15) is 61.3 Å². The molecule has 0 aromatic rings. The van der Waals surface area contributed by atoms with E-state index in [1.165, 1.54) is 32.5 Å². The van der Waals surface area contributed by atoms with Crippen molar-refractivity contribution in [2.75, 3.05) is 0 Å². The predicted molar refractivity (Wildman–Crippen MR) is 85.3 cm³/mol. The van der Waals surface area contributed by atoms with Gasteiger partial charge >= 0.3 is 0 Å². The minimum Gasteiger partial charge on any atom is -0.383 e. The van der Waals surface area contributed by atoms with Crippen LogP contribution in [0.4, 0.5) is 0 Å². The Bertz CT molecular complexity index is 424. The van der Waals surface area contributed by atoms with E-state index < -0.39 is 10.3 Å². The number of ketones is 1. The lowest BCUT2D eigenvalue weighted by molar-refractivity contribution is -0.134. The Kier molecular flexibility index (Phi) is 5.34. The highest BCUT2D eigenvalue weighted by molar-refractivity contribution is 8.14. The third-order valence-corrected chi connectivity index (χ3v) is 5.65. The molecule has 1 rings (SSSR count). The van der Waals surface area contributed by atoms with Crippen LogP contribution in [0.5, 0.6) is 0 Å². The number of carbonyl (C=O) groups excluding carboxylic acids is 2. The predicted octanol–water partition coefficient (Wildman–Crippen LogP) is 2.96. The molecule has 1 aliphatic heterocycles. The van der Waals surface area contributed by atoms with Gasteiger partial charge in [-0.3, -0.25) is 9.59 Å². The first-order chi connectivity index (χ1) is 9.28. The molecule has 0 spiro atoms. The summed E-state index contributed by atoms with van der Waals surface area (Å²) in [6, 6.07) is 0. The first kappa shape index (κ1) is 18.7. The molecule has 0 bridgehead atoms. The molecule has 0 radical (unpaired) electrons. The van der Waals surface area contributed by atoms with Gasteiger partial charge in [0.25, 0.3) is 0 Å². The Labute approximate surface area is 132 Å². The minimum absolute atomic E-state index is 0.0103. The van der Waals surface area contributed by atoms with Gasteiger partial charge in [0.2, 0.25) is 0 Å². The van der Waals surface area contributed by atoms with E-state index in [2.05, 4.69) is 0 Å². The van der Waals surface area contributed by atoms with Crippen LogP contribution in [0.3, 0.4) is 0 Å². The van der Waals surface area contributed by atoms with E-state index in [0.29, 0.717) is 0 Å². The number of rotatable bonds is 7. The first-order valence-corrected chi connectivity index (χ1v) is 8.22. The maximum atomic E-state index is 12.2. The van der Waals surface area contributed by atoms with E-state index in [1.807, 2.05) is 27.7 Å². The maximum Gasteiger partial charge on any atom is 0.186 e. The Balaban J connectivity index is 2.82. The summed E-state index contributed by atoms with van der Waals surface area (Å²) in [4.78, 5) is 23.8. The lowest BCUT2D eigenvalue weighted by Gasteiger charge is -2.35. The third kappa shape index (κ3) is 5.08. The average molecular weight is 316 g/mol. The van der Waals surface area contributed by atoms with Crippen molar-refractivity contribution in [3.05, 3.63) is 0 Å². The van der Waals surface area contributed by atoms with Gasteiger partial charge in [-0.2, -0.15) is 0 Å². The molecule has 1 saturated heterocycles. The summed E-state index contributed by atoms with van der Waals surface area (Å²) in [5.41, 5.74) is -1.47. The highest BCUT2D eigenvalue weighted by Gasteiger charge is 2.50. The van der Waals surface area contributed by atoms with E-state index >= 15 is 0 Å². The summed E-state index contributed by atoms with van der Waals surface area (Å²) in [6.45, 7) is 12.6. The summed E-state index contributed by atoms with van der Waals surface area (Å²) in [5, 5.41) is 9.86. The van der Waals surface area contributed by atoms with Crippen molar-refractivity contribution in [3.63, 3.8) is 0 Å². The standard InChI is InChI=1S/C16H28O4S/c1-10(8-13-15(5,6)20-13)16(7,21-11(2)17)9-12(18)14(3,4)19/h10,13,19H,8-9H2,1-7H3. The number of Topliss-reactive ketones (excluding diaryl/α,β-unsaturated/α-hetero) is 1. The van der Waals surface area contributed by atoms with E-state index in [0.717, 1.165) is 6.42 Å². The molecule has 0 amide bonds. The molecule has 0 aliphatic carbocycles. The lowest BCUT2D eigenvalue weighted by atomic mass is 9.82. The Morgan fingerprint density at radius 2 is 1.81 bits per heavy atom. The third-order valence-electron chi connectivity index (χ3n) is 4.35. The van der Waals surface area contributed by atoms with Crippen molar-refractivity contribution in [2.45, 2.75) is 83.4 Å². The second-order valence-corrected chi connectivity index (χ2v) is 9.12. The smallest absolute Gasteiger partial charge is 0.186 e. The van der Waals surface area contributed by atoms with Gasteiger partial charge in [0.1, 0.15) is 5.60 Å². The van der Waals surface area contributed by atoms with Gasteiger partial charge in [-0.05, 0) is 47.0 Å². The highest BCUT2D eigenvalue weighted by Crippen LogP contribution is 2.46. The van der Waals surface area contributed by atoms with Crippen LogP contribution in [0, 0.1) is 5.92 Å². The molecule has 21 heavy (non-hydrogen) atoms. The van der Waals surface area contributed by atoms with Crippen LogP contribution in [0.2, 0.25) is 0 Å². The molecular weight excluding hydrogens is 288 g/mol. The minimum atomic E-state index is -1.37. The number of ether oxygens (including phenoxy) is 1. The first-order valence-electron chi connectivity index (χ1n) is 7.41. The topological polar surface area (TPSA) is 66.9 Å². The van der Waals surface area contributed by atoms with E-state index in [1.54, 1.807) is 0 Å². The monoisotopic (exact) mass is 316 g/mol. The zero-order chi connectivity index (χ0) is 16.6. The largest absolute Gasteiger partial charge is 0.383 e. The number of hydrogen-bond donors (Lipinski definition) is 1. The molecule has 4 nitrogen and oxygen atoms in total. The summed E-state index contributed by atoms with van der Waals surface area (Å²) in [5.74, 6) is -0.106. The summed E-state index contributed by atoms with van der Waals surface area (Å²) >= 11 is 1.20. The highest BCUT2D eigenvalue weighted by atomic mass is 32.2. The summed E-state index contributed by atoms with van der Waals surface area (Å²) in [6.07, 6.45) is 1.16. The Hall–Kier alpha value is -0.390. The number of aliphatic hydroxyl groups is 1. The number of thioether (sulfide) groups is 1. The molecule has 0 aromatic carbocycles. The molecule has 3 atom stereocenters. The fourth-order valence-corrected chi connectivity index (χ4v) is 3.57. The van der Waals surface area contributed by atoms with E-state index in [9.17, 15) is 14.7 Å². The van der Waals surface area contributed by atoms with E-state index in [-0.39, 0.29) is 34.9 Å². The van der Waals surface area contributed by atoms with Crippen molar-refractivity contribution in [1.82, 2.24) is 0 Å². The van der Waals surface area contributed by atoms with Gasteiger partial charge in [-0.15, -0.1) is 0 Å². The Morgan fingerprint density at radius 3 is 2.14 bits per heavy atom. The van der Waals surface area contributed by atoms with Crippen molar-refractivity contribution < 1.29 is 19.4 Å². The van der Waals surface area contributed by atoms with Crippen molar-refractivity contribution in [3.8, 4) is 0 Å². The number of carbonyl (C=O) groups is 2. The molecule has 5 heteroatoms. The zero-order valence-corrected chi connectivity index (χ0v) is 15.0. The quantitative estimate of drug-likeness (QED) is 0.731. The van der Waals surface area contributed by atoms with Crippen LogP contribution in [0.25, 0.3) is 0 Å². The zero-order valence-electron chi connectivity index (χ0n) is 14.1. The van der Waals surface area contributed by atoms with Crippen LogP contribution in [-0.2, 0) is 14.3 Å².